The lowest BCUT2D eigenvalue weighted by atomic mass is 10.1. The molecule has 0 aliphatic carbocycles. The smallest absolute Gasteiger partial charge is 0.248 e. The van der Waals surface area contributed by atoms with Crippen LogP contribution < -0.4 is 11.1 Å². The van der Waals surface area contributed by atoms with Crippen LogP contribution in [0.1, 0.15) is 36.7 Å². The number of nitrogens with zero attached hydrogens (tertiary/aromatic N) is 1. The third-order valence-corrected chi connectivity index (χ3v) is 5.77. The number of likely N-dealkylation sites (tertiary alicyclic amines) is 1. The molecule has 2 heterocycles. The molecule has 1 aliphatic heterocycles. The number of anilines is 1. The van der Waals surface area contributed by atoms with Crippen LogP contribution in [-0.2, 0) is 22.6 Å². The van der Waals surface area contributed by atoms with Crippen LogP contribution in [0.3, 0.4) is 0 Å². The number of rotatable bonds is 7. The molecule has 160 valence electrons. The molecule has 0 radical (unpaired) electrons. The second-order valence-electron chi connectivity index (χ2n) is 7.80. The number of aryl methyl sites for hydroxylation is 1. The zero-order valence-corrected chi connectivity index (χ0v) is 17.6. The fraction of sp³-hybridized carbons (Fsp3) is 0.280. The highest BCUT2D eigenvalue weighted by atomic mass is 16.3. The highest BCUT2D eigenvalue weighted by Crippen LogP contribution is 2.28. The molecule has 1 fully saturated rings. The molecular formula is C25H27N3O3. The van der Waals surface area contributed by atoms with E-state index in [0.29, 0.717) is 6.54 Å². The molecule has 0 bridgehead atoms. The number of primary amides is 1. The quantitative estimate of drug-likeness (QED) is 0.567. The second kappa shape index (κ2) is 9.18. The van der Waals surface area contributed by atoms with Gasteiger partial charge in [0.15, 0.2) is 0 Å². The number of carbonyl (C=O) groups is 2. The van der Waals surface area contributed by atoms with E-state index in [4.69, 9.17) is 10.2 Å². The summed E-state index contributed by atoms with van der Waals surface area (Å²) in [5.41, 5.74) is 8.99. The molecule has 6 heteroatoms. The van der Waals surface area contributed by atoms with Crippen LogP contribution in [0.2, 0.25) is 0 Å². The fourth-order valence-electron chi connectivity index (χ4n) is 4.23. The Kier molecular flexibility index (Phi) is 6.18. The molecule has 3 N–H and O–H groups in total. The van der Waals surface area contributed by atoms with E-state index in [-0.39, 0.29) is 17.9 Å². The van der Waals surface area contributed by atoms with E-state index >= 15 is 0 Å². The van der Waals surface area contributed by atoms with Gasteiger partial charge in [0, 0.05) is 35.7 Å². The number of para-hydroxylation sites is 2. The zero-order chi connectivity index (χ0) is 21.8. The summed E-state index contributed by atoms with van der Waals surface area (Å²) in [7, 11) is 0. The lowest BCUT2D eigenvalue weighted by Gasteiger charge is -2.23. The monoisotopic (exact) mass is 417 g/mol. The van der Waals surface area contributed by atoms with Crippen molar-refractivity contribution < 1.29 is 14.0 Å². The van der Waals surface area contributed by atoms with Gasteiger partial charge in [-0.05, 0) is 43.2 Å². The fourth-order valence-corrected chi connectivity index (χ4v) is 4.23. The highest BCUT2D eigenvalue weighted by molar-refractivity contribution is 6.04. The van der Waals surface area contributed by atoms with Gasteiger partial charge in [-0.25, -0.2) is 0 Å². The Balaban J connectivity index is 1.50. The largest absolute Gasteiger partial charge is 0.460 e. The van der Waals surface area contributed by atoms with Crippen LogP contribution in [-0.4, -0.2) is 29.3 Å². The molecule has 2 aromatic carbocycles. The Bertz CT molecular complexity index is 1130. The summed E-state index contributed by atoms with van der Waals surface area (Å²) >= 11 is 0. The number of carbonyl (C=O) groups excluding carboxylic acids is 2. The van der Waals surface area contributed by atoms with Crippen molar-refractivity contribution in [1.82, 2.24) is 4.90 Å². The first-order valence-electron chi connectivity index (χ1n) is 10.7. The summed E-state index contributed by atoms with van der Waals surface area (Å²) in [4.78, 5) is 26.5. The van der Waals surface area contributed by atoms with E-state index in [0.717, 1.165) is 59.4 Å². The van der Waals surface area contributed by atoms with Gasteiger partial charge in [-0.2, -0.15) is 0 Å². The number of fused-ring (bicyclic) bond motifs is 1. The predicted molar refractivity (Wildman–Crippen MR) is 122 cm³/mol. The average Bonchev–Trinajstić information content (AvgIpc) is 3.38. The molecular weight excluding hydrogens is 390 g/mol. The molecule has 0 saturated carbocycles. The van der Waals surface area contributed by atoms with E-state index < -0.39 is 0 Å². The predicted octanol–water partition coefficient (Wildman–Crippen LogP) is 4.10. The van der Waals surface area contributed by atoms with Crippen LogP contribution in [0.25, 0.3) is 17.0 Å². The van der Waals surface area contributed by atoms with E-state index in [1.165, 1.54) is 6.08 Å². The summed E-state index contributed by atoms with van der Waals surface area (Å²) in [6.45, 7) is 3.42. The van der Waals surface area contributed by atoms with E-state index in [2.05, 4.69) is 10.2 Å². The van der Waals surface area contributed by atoms with Crippen LogP contribution in [0, 0.1) is 0 Å². The summed E-state index contributed by atoms with van der Waals surface area (Å²) in [5, 5.41) is 3.97. The minimum Gasteiger partial charge on any atom is -0.460 e. The van der Waals surface area contributed by atoms with Crippen molar-refractivity contribution in [2.24, 2.45) is 5.73 Å². The maximum atomic E-state index is 12.7. The van der Waals surface area contributed by atoms with Crippen LogP contribution in [0.4, 0.5) is 5.69 Å². The van der Waals surface area contributed by atoms with Gasteiger partial charge in [0.05, 0.1) is 6.04 Å². The molecule has 1 unspecified atom stereocenters. The van der Waals surface area contributed by atoms with Crippen molar-refractivity contribution in [3.8, 4) is 0 Å². The number of furan rings is 1. The molecule has 6 nitrogen and oxygen atoms in total. The van der Waals surface area contributed by atoms with Gasteiger partial charge in [-0.15, -0.1) is 0 Å². The summed E-state index contributed by atoms with van der Waals surface area (Å²) in [6, 6.07) is 15.2. The zero-order valence-electron chi connectivity index (χ0n) is 17.6. The number of nitrogens with one attached hydrogen (secondary N) is 1. The molecule has 1 saturated heterocycles. The molecule has 0 spiro atoms. The SMILES string of the molecule is CCc1oc2ccccc2c1/C=C/C(=O)Nc1ccccc1CN1CCCC1C(N)=O. The molecule has 31 heavy (non-hydrogen) atoms. The number of hydrogen-bond acceptors (Lipinski definition) is 4. The van der Waals surface area contributed by atoms with Gasteiger partial charge in [0.2, 0.25) is 11.8 Å². The van der Waals surface area contributed by atoms with E-state index in [1.807, 2.05) is 61.5 Å². The third kappa shape index (κ3) is 4.54. The first kappa shape index (κ1) is 20.9. The summed E-state index contributed by atoms with van der Waals surface area (Å²) in [6.07, 6.45) is 5.82. The number of hydrogen-bond donors (Lipinski definition) is 2. The van der Waals surface area contributed by atoms with Gasteiger partial charge in [-0.1, -0.05) is 43.3 Å². The number of amides is 2. The van der Waals surface area contributed by atoms with E-state index in [9.17, 15) is 9.59 Å². The van der Waals surface area contributed by atoms with Gasteiger partial charge >= 0.3 is 0 Å². The molecule has 1 aliphatic rings. The first-order valence-corrected chi connectivity index (χ1v) is 10.7. The van der Waals surface area contributed by atoms with Gasteiger partial charge in [0.1, 0.15) is 11.3 Å². The van der Waals surface area contributed by atoms with Crippen molar-refractivity contribution in [3.63, 3.8) is 0 Å². The van der Waals surface area contributed by atoms with Crippen LogP contribution >= 0.6 is 0 Å². The highest BCUT2D eigenvalue weighted by Gasteiger charge is 2.29. The van der Waals surface area contributed by atoms with Crippen molar-refractivity contribution in [2.45, 2.75) is 38.8 Å². The lowest BCUT2D eigenvalue weighted by Crippen LogP contribution is -2.39. The normalized spacial score (nSPS) is 16.9. The Morgan fingerprint density at radius 1 is 1.19 bits per heavy atom. The topological polar surface area (TPSA) is 88.6 Å². The molecule has 1 aromatic heterocycles. The molecule has 4 rings (SSSR count). The first-order chi connectivity index (χ1) is 15.1. The Morgan fingerprint density at radius 3 is 2.77 bits per heavy atom. The maximum Gasteiger partial charge on any atom is 0.248 e. The molecule has 2 amide bonds. The number of benzene rings is 2. The van der Waals surface area contributed by atoms with Gasteiger partial charge < -0.3 is 15.5 Å². The molecule has 3 aromatic rings. The Labute approximate surface area is 181 Å². The third-order valence-electron chi connectivity index (χ3n) is 5.77. The average molecular weight is 418 g/mol. The summed E-state index contributed by atoms with van der Waals surface area (Å²) in [5.74, 6) is 0.353. The lowest BCUT2D eigenvalue weighted by molar-refractivity contribution is -0.122. The van der Waals surface area contributed by atoms with Gasteiger partial charge in [0.25, 0.3) is 0 Å². The maximum absolute atomic E-state index is 12.7. The summed E-state index contributed by atoms with van der Waals surface area (Å²) < 4.78 is 5.90. The van der Waals surface area contributed by atoms with Crippen LogP contribution in [0.5, 0.6) is 0 Å². The Morgan fingerprint density at radius 2 is 1.97 bits per heavy atom. The van der Waals surface area contributed by atoms with Crippen molar-refractivity contribution >= 4 is 34.5 Å². The van der Waals surface area contributed by atoms with Gasteiger partial charge in [-0.3, -0.25) is 14.5 Å². The van der Waals surface area contributed by atoms with Crippen molar-refractivity contribution in [2.75, 3.05) is 11.9 Å². The molecule has 1 atom stereocenters. The Hall–Kier alpha value is -3.38. The minimum atomic E-state index is -0.291. The van der Waals surface area contributed by atoms with Crippen molar-refractivity contribution in [3.05, 3.63) is 71.5 Å². The standard InChI is InChI=1S/C25H27N3O3/c1-2-22-19(18-9-4-6-12-23(18)31-22)13-14-24(29)27-20-10-5-3-8-17(20)16-28-15-7-11-21(28)25(26)30/h3-6,8-10,12-14,21H,2,7,11,15-16H2,1H3,(H2,26,30)(H,27,29)/b14-13+. The number of nitrogens with two attached hydrogens (primary N) is 1. The van der Waals surface area contributed by atoms with Crippen molar-refractivity contribution in [1.29, 1.82) is 0 Å². The van der Waals surface area contributed by atoms with Crippen LogP contribution in [0.15, 0.2) is 59.0 Å². The van der Waals surface area contributed by atoms with E-state index in [1.54, 1.807) is 0 Å². The minimum absolute atomic E-state index is 0.215. The second-order valence-corrected chi connectivity index (χ2v) is 7.80.